The van der Waals surface area contributed by atoms with Crippen molar-refractivity contribution in [3.63, 3.8) is 0 Å². The summed E-state index contributed by atoms with van der Waals surface area (Å²) in [6, 6.07) is 8.89. The van der Waals surface area contributed by atoms with Crippen molar-refractivity contribution in [3.8, 4) is 0 Å². The molecular weight excluding hydrogens is 248 g/mol. The Hall–Kier alpha value is -0.300. The van der Waals surface area contributed by atoms with Gasteiger partial charge in [-0.25, -0.2) is 0 Å². The third-order valence-electron chi connectivity index (χ3n) is 3.42. The zero-order valence-corrected chi connectivity index (χ0v) is 11.0. The van der Waals surface area contributed by atoms with Gasteiger partial charge in [0.2, 0.25) is 0 Å². The maximum Gasteiger partial charge on any atom is 0.0214 e. The summed E-state index contributed by atoms with van der Waals surface area (Å²) in [6.45, 7) is 2.17. The predicted molar refractivity (Wildman–Crippen MR) is 69.6 cm³/mol. The Balaban J connectivity index is 1.95. The fraction of sp³-hybridized carbons (Fsp3) is 0.571. The predicted octanol–water partition coefficient (Wildman–Crippen LogP) is 4.49. The number of hydrogen-bond donors (Lipinski definition) is 0. The summed E-state index contributed by atoms with van der Waals surface area (Å²) in [7, 11) is 0. The highest BCUT2D eigenvalue weighted by molar-refractivity contribution is 9.09. The second kappa shape index (κ2) is 5.16. The van der Waals surface area contributed by atoms with Gasteiger partial charge in [0.05, 0.1) is 0 Å². The summed E-state index contributed by atoms with van der Waals surface area (Å²) in [6.07, 6.45) is 6.89. The van der Waals surface area contributed by atoms with Crippen molar-refractivity contribution in [2.24, 2.45) is 5.92 Å². The summed E-state index contributed by atoms with van der Waals surface area (Å²) >= 11 is 3.87. The standard InChI is InChI=1S/C14H19Br/c1-11-5-4-6-12(9-11)10-14(15)13-7-2-3-8-13/h4-6,9,13-14H,2-3,7-8,10H2,1H3. The molecule has 1 aliphatic rings. The van der Waals surface area contributed by atoms with E-state index in [1.807, 2.05) is 0 Å². The zero-order chi connectivity index (χ0) is 10.7. The molecule has 1 fully saturated rings. The molecule has 0 N–H and O–H groups in total. The van der Waals surface area contributed by atoms with E-state index in [2.05, 4.69) is 47.1 Å². The van der Waals surface area contributed by atoms with Crippen LogP contribution in [0.2, 0.25) is 0 Å². The van der Waals surface area contributed by atoms with E-state index < -0.39 is 0 Å². The lowest BCUT2D eigenvalue weighted by atomic mass is 9.97. The van der Waals surface area contributed by atoms with Crippen molar-refractivity contribution in [2.75, 3.05) is 0 Å². The van der Waals surface area contributed by atoms with Gasteiger partial charge in [-0.1, -0.05) is 58.6 Å². The van der Waals surface area contributed by atoms with Crippen LogP contribution in [0.3, 0.4) is 0 Å². The van der Waals surface area contributed by atoms with E-state index in [1.54, 1.807) is 0 Å². The van der Waals surface area contributed by atoms with E-state index >= 15 is 0 Å². The largest absolute Gasteiger partial charge is 0.0884 e. The van der Waals surface area contributed by atoms with E-state index in [4.69, 9.17) is 0 Å². The molecule has 0 aliphatic heterocycles. The van der Waals surface area contributed by atoms with Crippen molar-refractivity contribution < 1.29 is 0 Å². The molecular formula is C14H19Br. The van der Waals surface area contributed by atoms with Crippen LogP contribution in [0.1, 0.15) is 36.8 Å². The van der Waals surface area contributed by atoms with Crippen molar-refractivity contribution >= 4 is 15.9 Å². The minimum absolute atomic E-state index is 0.682. The number of rotatable bonds is 3. The second-order valence-corrected chi connectivity index (χ2v) is 5.93. The summed E-state index contributed by atoms with van der Waals surface area (Å²) < 4.78 is 0. The van der Waals surface area contributed by atoms with E-state index in [9.17, 15) is 0 Å². The SMILES string of the molecule is Cc1cccc(CC(Br)C2CCCC2)c1. The molecule has 0 heterocycles. The van der Waals surface area contributed by atoms with Gasteiger partial charge in [0, 0.05) is 4.83 Å². The average molecular weight is 267 g/mol. The molecule has 0 nitrogen and oxygen atoms in total. The molecule has 0 saturated heterocycles. The fourth-order valence-electron chi connectivity index (χ4n) is 2.55. The van der Waals surface area contributed by atoms with Crippen molar-refractivity contribution in [3.05, 3.63) is 35.4 Å². The van der Waals surface area contributed by atoms with Gasteiger partial charge in [-0.3, -0.25) is 0 Å². The van der Waals surface area contributed by atoms with Gasteiger partial charge >= 0.3 is 0 Å². The molecule has 1 heteroatoms. The molecule has 1 aromatic rings. The quantitative estimate of drug-likeness (QED) is 0.708. The molecule has 0 spiro atoms. The van der Waals surface area contributed by atoms with Crippen LogP contribution < -0.4 is 0 Å². The Morgan fingerprint density at radius 3 is 2.73 bits per heavy atom. The first kappa shape index (κ1) is 11.2. The van der Waals surface area contributed by atoms with Crippen LogP contribution in [-0.2, 0) is 6.42 Å². The van der Waals surface area contributed by atoms with Crippen LogP contribution in [0.5, 0.6) is 0 Å². The molecule has 1 atom stereocenters. The number of aryl methyl sites for hydroxylation is 1. The maximum absolute atomic E-state index is 3.87. The number of alkyl halides is 1. The Morgan fingerprint density at radius 2 is 2.07 bits per heavy atom. The maximum atomic E-state index is 3.87. The molecule has 1 saturated carbocycles. The number of benzene rings is 1. The Morgan fingerprint density at radius 1 is 1.33 bits per heavy atom. The summed E-state index contributed by atoms with van der Waals surface area (Å²) in [5, 5.41) is 0. The number of hydrogen-bond acceptors (Lipinski definition) is 0. The summed E-state index contributed by atoms with van der Waals surface area (Å²) in [5.74, 6) is 0.908. The normalized spacial score (nSPS) is 19.3. The van der Waals surface area contributed by atoms with Crippen LogP contribution in [0.15, 0.2) is 24.3 Å². The minimum atomic E-state index is 0.682. The molecule has 0 amide bonds. The van der Waals surface area contributed by atoms with Crippen molar-refractivity contribution in [1.29, 1.82) is 0 Å². The first-order chi connectivity index (χ1) is 7.25. The summed E-state index contributed by atoms with van der Waals surface area (Å²) in [4.78, 5) is 0.682. The Kier molecular flexibility index (Phi) is 3.85. The second-order valence-electron chi connectivity index (χ2n) is 4.75. The Labute approximate surface area is 101 Å². The van der Waals surface area contributed by atoms with Crippen LogP contribution in [0.4, 0.5) is 0 Å². The van der Waals surface area contributed by atoms with Gasteiger partial charge < -0.3 is 0 Å². The topological polar surface area (TPSA) is 0 Å². The van der Waals surface area contributed by atoms with Crippen molar-refractivity contribution in [1.82, 2.24) is 0 Å². The van der Waals surface area contributed by atoms with E-state index in [0.29, 0.717) is 4.83 Å². The van der Waals surface area contributed by atoms with Crippen LogP contribution in [0.25, 0.3) is 0 Å². The molecule has 1 unspecified atom stereocenters. The third-order valence-corrected chi connectivity index (χ3v) is 4.50. The van der Waals surface area contributed by atoms with Gasteiger partial charge in [0.1, 0.15) is 0 Å². The zero-order valence-electron chi connectivity index (χ0n) is 9.38. The fourth-order valence-corrected chi connectivity index (χ4v) is 3.45. The number of halogens is 1. The first-order valence-electron chi connectivity index (χ1n) is 5.95. The van der Waals surface area contributed by atoms with E-state index in [1.165, 1.54) is 43.2 Å². The molecule has 82 valence electrons. The minimum Gasteiger partial charge on any atom is -0.0884 e. The van der Waals surface area contributed by atoms with Gasteiger partial charge in [-0.15, -0.1) is 0 Å². The van der Waals surface area contributed by atoms with Crippen molar-refractivity contribution in [2.45, 2.75) is 43.9 Å². The highest BCUT2D eigenvalue weighted by atomic mass is 79.9. The first-order valence-corrected chi connectivity index (χ1v) is 6.87. The molecule has 15 heavy (non-hydrogen) atoms. The molecule has 2 rings (SSSR count). The van der Waals surface area contributed by atoms with E-state index in [-0.39, 0.29) is 0 Å². The van der Waals surface area contributed by atoms with Crippen LogP contribution in [-0.4, -0.2) is 4.83 Å². The average Bonchev–Trinajstić information content (AvgIpc) is 2.70. The van der Waals surface area contributed by atoms with Gasteiger partial charge in [0.25, 0.3) is 0 Å². The van der Waals surface area contributed by atoms with Gasteiger partial charge in [-0.05, 0) is 37.7 Å². The molecule has 0 bridgehead atoms. The molecule has 1 aromatic carbocycles. The lowest BCUT2D eigenvalue weighted by molar-refractivity contribution is 0.525. The molecule has 0 aromatic heterocycles. The molecule has 0 radical (unpaired) electrons. The van der Waals surface area contributed by atoms with Gasteiger partial charge in [0.15, 0.2) is 0 Å². The van der Waals surface area contributed by atoms with Gasteiger partial charge in [-0.2, -0.15) is 0 Å². The summed E-state index contributed by atoms with van der Waals surface area (Å²) in [5.41, 5.74) is 2.85. The molecule has 1 aliphatic carbocycles. The van der Waals surface area contributed by atoms with Crippen LogP contribution in [0, 0.1) is 12.8 Å². The highest BCUT2D eigenvalue weighted by Crippen LogP contribution is 2.33. The smallest absolute Gasteiger partial charge is 0.0214 e. The monoisotopic (exact) mass is 266 g/mol. The van der Waals surface area contributed by atoms with Crippen LogP contribution >= 0.6 is 15.9 Å². The lowest BCUT2D eigenvalue weighted by Crippen LogP contribution is -2.13. The highest BCUT2D eigenvalue weighted by Gasteiger charge is 2.22. The lowest BCUT2D eigenvalue weighted by Gasteiger charge is -2.17. The third kappa shape index (κ3) is 3.07. The van der Waals surface area contributed by atoms with E-state index in [0.717, 1.165) is 5.92 Å². The Bertz CT molecular complexity index is 313.